The van der Waals surface area contributed by atoms with Gasteiger partial charge in [0.1, 0.15) is 5.75 Å². The highest BCUT2D eigenvalue weighted by molar-refractivity contribution is 7.98. The van der Waals surface area contributed by atoms with Gasteiger partial charge in [-0.3, -0.25) is 0 Å². The van der Waals surface area contributed by atoms with E-state index >= 15 is 0 Å². The summed E-state index contributed by atoms with van der Waals surface area (Å²) >= 11 is 1.71. The van der Waals surface area contributed by atoms with Gasteiger partial charge in [-0.1, -0.05) is 36.4 Å². The van der Waals surface area contributed by atoms with E-state index in [-0.39, 0.29) is 12.1 Å². The number of rotatable bonds is 4. The fourth-order valence-corrected chi connectivity index (χ4v) is 4.99. The molecule has 1 aromatic heterocycles. The van der Waals surface area contributed by atoms with E-state index in [1.54, 1.807) is 18.9 Å². The highest BCUT2D eigenvalue weighted by atomic mass is 32.2. The summed E-state index contributed by atoms with van der Waals surface area (Å²) in [6, 6.07) is 26.2. The first-order chi connectivity index (χ1) is 16.6. The first-order valence-corrected chi connectivity index (χ1v) is 12.4. The number of aryl methyl sites for hydroxylation is 1. The monoisotopic (exact) mass is 469 g/mol. The zero-order valence-corrected chi connectivity index (χ0v) is 20.3. The molecule has 1 aliphatic heterocycles. The molecule has 6 heteroatoms. The molecule has 0 aliphatic carbocycles. The van der Waals surface area contributed by atoms with Gasteiger partial charge in [-0.2, -0.15) is 0 Å². The highest BCUT2D eigenvalue weighted by Gasteiger charge is 2.33. The number of nitrogens with one attached hydrogen (secondary N) is 1. The Bertz CT molecular complexity index is 1330. The van der Waals surface area contributed by atoms with Crippen LogP contribution in [0.25, 0.3) is 5.69 Å². The fourth-order valence-electron chi connectivity index (χ4n) is 4.58. The van der Waals surface area contributed by atoms with E-state index < -0.39 is 0 Å². The van der Waals surface area contributed by atoms with Crippen LogP contribution < -0.4 is 10.1 Å². The molecule has 0 fully saturated rings. The first kappa shape index (κ1) is 22.2. The fraction of sp³-hybridized carbons (Fsp3) is 0.179. The second-order valence-electron chi connectivity index (χ2n) is 8.37. The third-order valence-corrected chi connectivity index (χ3v) is 7.00. The van der Waals surface area contributed by atoms with Gasteiger partial charge in [0.2, 0.25) is 0 Å². The topological polar surface area (TPSA) is 46.5 Å². The molecule has 1 aliphatic rings. The number of hydrogen-bond donors (Lipinski definition) is 1. The second-order valence-corrected chi connectivity index (χ2v) is 9.25. The number of aromatic nitrogens is 1. The molecular formula is C28H27N3O2S. The number of benzene rings is 3. The van der Waals surface area contributed by atoms with Crippen LogP contribution >= 0.6 is 11.8 Å². The molecule has 1 unspecified atom stereocenters. The Balaban J connectivity index is 1.62. The summed E-state index contributed by atoms with van der Waals surface area (Å²) in [7, 11) is 1.62. The number of hydrogen-bond acceptors (Lipinski definition) is 3. The largest absolute Gasteiger partial charge is 0.495 e. The Morgan fingerprint density at radius 3 is 2.59 bits per heavy atom. The Hall–Kier alpha value is -3.64. The lowest BCUT2D eigenvalue weighted by molar-refractivity contribution is 0.194. The molecule has 2 heterocycles. The van der Waals surface area contributed by atoms with Gasteiger partial charge in [-0.25, -0.2) is 4.79 Å². The van der Waals surface area contributed by atoms with Gasteiger partial charge < -0.3 is 19.5 Å². The molecule has 1 N–H and O–H groups in total. The van der Waals surface area contributed by atoms with Crippen LogP contribution in [0.15, 0.2) is 90.0 Å². The lowest BCUT2D eigenvalue weighted by Gasteiger charge is -2.31. The van der Waals surface area contributed by atoms with Gasteiger partial charge in [0.05, 0.1) is 31.1 Å². The van der Waals surface area contributed by atoms with Crippen molar-refractivity contribution < 1.29 is 9.53 Å². The molecular weight excluding hydrogens is 442 g/mol. The number of carbonyl (C=O) groups is 1. The molecule has 5 nitrogen and oxygen atoms in total. The molecule has 0 saturated carbocycles. The van der Waals surface area contributed by atoms with E-state index in [1.165, 1.54) is 4.90 Å². The second kappa shape index (κ2) is 9.31. The molecule has 1 atom stereocenters. The van der Waals surface area contributed by atoms with E-state index in [9.17, 15) is 4.79 Å². The van der Waals surface area contributed by atoms with Crippen molar-refractivity contribution in [2.75, 3.05) is 18.7 Å². The van der Waals surface area contributed by atoms with Crippen LogP contribution in [-0.4, -0.2) is 28.9 Å². The quantitative estimate of drug-likeness (QED) is 0.340. The molecule has 0 radical (unpaired) electrons. The van der Waals surface area contributed by atoms with Crippen LogP contribution in [0.5, 0.6) is 5.75 Å². The minimum atomic E-state index is -0.255. The minimum absolute atomic E-state index is 0.174. The van der Waals surface area contributed by atoms with Crippen LogP contribution in [0.2, 0.25) is 0 Å². The van der Waals surface area contributed by atoms with E-state index in [0.717, 1.165) is 28.1 Å². The summed E-state index contributed by atoms with van der Waals surface area (Å²) in [5.74, 6) is 0.637. The summed E-state index contributed by atoms with van der Waals surface area (Å²) in [5, 5.41) is 3.12. The van der Waals surface area contributed by atoms with Crippen molar-refractivity contribution in [3.05, 3.63) is 107 Å². The van der Waals surface area contributed by atoms with Crippen LogP contribution in [0.3, 0.4) is 0 Å². The molecule has 4 aromatic rings. The predicted octanol–water partition coefficient (Wildman–Crippen LogP) is 6.65. The number of urea groups is 1. The molecule has 2 amide bonds. The predicted molar refractivity (Wildman–Crippen MR) is 138 cm³/mol. The molecule has 5 rings (SSSR count). The van der Waals surface area contributed by atoms with Gasteiger partial charge in [0.15, 0.2) is 0 Å². The van der Waals surface area contributed by atoms with Gasteiger partial charge >= 0.3 is 6.03 Å². The Morgan fingerprint density at radius 1 is 1.03 bits per heavy atom. The number of nitrogens with zero attached hydrogens (tertiary/aromatic N) is 2. The van der Waals surface area contributed by atoms with Gasteiger partial charge in [0.25, 0.3) is 0 Å². The summed E-state index contributed by atoms with van der Waals surface area (Å²) < 4.78 is 7.71. The third-order valence-electron chi connectivity index (χ3n) is 6.25. The van der Waals surface area contributed by atoms with Crippen molar-refractivity contribution in [2.24, 2.45) is 0 Å². The lowest BCUT2D eigenvalue weighted by atomic mass is 10.0. The molecule has 0 saturated heterocycles. The van der Waals surface area contributed by atoms with Crippen molar-refractivity contribution in [1.82, 2.24) is 9.47 Å². The zero-order chi connectivity index (χ0) is 23.7. The van der Waals surface area contributed by atoms with Crippen molar-refractivity contribution in [3.8, 4) is 11.4 Å². The van der Waals surface area contributed by atoms with Crippen molar-refractivity contribution in [3.63, 3.8) is 0 Å². The Morgan fingerprint density at radius 2 is 1.82 bits per heavy atom. The average Bonchev–Trinajstić information content (AvgIpc) is 3.28. The average molecular weight is 470 g/mol. The Labute approximate surface area is 204 Å². The van der Waals surface area contributed by atoms with E-state index in [4.69, 9.17) is 4.74 Å². The third kappa shape index (κ3) is 4.05. The lowest BCUT2D eigenvalue weighted by Crippen LogP contribution is -2.38. The van der Waals surface area contributed by atoms with E-state index in [1.807, 2.05) is 48.2 Å². The van der Waals surface area contributed by atoms with Gasteiger partial charge in [-0.05, 0) is 72.3 Å². The van der Waals surface area contributed by atoms with E-state index in [2.05, 4.69) is 64.8 Å². The molecule has 34 heavy (non-hydrogen) atoms. The minimum Gasteiger partial charge on any atom is -0.495 e. The van der Waals surface area contributed by atoms with Crippen LogP contribution in [0.4, 0.5) is 10.5 Å². The van der Waals surface area contributed by atoms with Crippen molar-refractivity contribution in [2.45, 2.75) is 24.4 Å². The maximum atomic E-state index is 13.9. The summed E-state index contributed by atoms with van der Waals surface area (Å²) in [4.78, 5) is 17.0. The number of methoxy groups -OCH3 is 1. The number of anilines is 1. The maximum Gasteiger partial charge on any atom is 0.323 e. The normalized spacial score (nSPS) is 14.7. The van der Waals surface area contributed by atoms with Crippen LogP contribution in [0, 0.1) is 6.92 Å². The van der Waals surface area contributed by atoms with Crippen LogP contribution in [-0.2, 0) is 6.54 Å². The van der Waals surface area contributed by atoms with Gasteiger partial charge in [-0.15, -0.1) is 11.8 Å². The number of carbonyl (C=O) groups excluding carboxylic acids is 1. The number of fused-ring (bicyclic) bond motifs is 3. The summed E-state index contributed by atoms with van der Waals surface area (Å²) in [6.07, 6.45) is 4.14. The zero-order valence-electron chi connectivity index (χ0n) is 19.5. The SMILES string of the molecule is COc1ccc(C)cc1NC(=O)N1Cc2ccccc2-n2cccc2C1c1ccc(SC)cc1. The highest BCUT2D eigenvalue weighted by Crippen LogP contribution is 2.38. The first-order valence-electron chi connectivity index (χ1n) is 11.2. The number of para-hydroxylation sites is 1. The smallest absolute Gasteiger partial charge is 0.323 e. The number of ether oxygens (including phenoxy) is 1. The molecule has 0 spiro atoms. The maximum absolute atomic E-state index is 13.9. The molecule has 3 aromatic carbocycles. The van der Waals surface area contributed by atoms with Gasteiger partial charge in [0, 0.05) is 16.8 Å². The van der Waals surface area contributed by atoms with E-state index in [0.29, 0.717) is 18.0 Å². The van der Waals surface area contributed by atoms with Crippen LogP contribution in [0.1, 0.15) is 28.4 Å². The van der Waals surface area contributed by atoms with Crippen molar-refractivity contribution in [1.29, 1.82) is 0 Å². The summed E-state index contributed by atoms with van der Waals surface area (Å²) in [5.41, 5.74) is 6.02. The number of amides is 2. The molecule has 172 valence electrons. The number of thioether (sulfide) groups is 1. The van der Waals surface area contributed by atoms with Crippen molar-refractivity contribution >= 4 is 23.5 Å². The molecule has 0 bridgehead atoms. The summed E-state index contributed by atoms with van der Waals surface area (Å²) in [6.45, 7) is 2.48. The standard InChI is InChI=1S/C28H27N3O2S/c1-19-10-15-26(33-2)23(17-19)29-28(32)31-18-21-7-4-5-8-24(21)30-16-6-9-25(30)27(31)20-11-13-22(34-3)14-12-20/h4-17,27H,18H2,1-3H3,(H,29,32). The Kier molecular flexibility index (Phi) is 6.07.